The van der Waals surface area contributed by atoms with Crippen LogP contribution in [-0.4, -0.2) is 48.7 Å². The first-order chi connectivity index (χ1) is 7.56. The van der Waals surface area contributed by atoms with Crippen LogP contribution in [0.2, 0.25) is 0 Å². The molecule has 0 aliphatic carbocycles. The third kappa shape index (κ3) is 3.46. The van der Waals surface area contributed by atoms with Crippen molar-refractivity contribution in [3.8, 4) is 0 Å². The van der Waals surface area contributed by atoms with Crippen molar-refractivity contribution in [3.63, 3.8) is 0 Å². The van der Waals surface area contributed by atoms with Gasteiger partial charge in [-0.2, -0.15) is 0 Å². The van der Waals surface area contributed by atoms with Crippen molar-refractivity contribution in [2.75, 3.05) is 26.7 Å². The zero-order valence-electron chi connectivity index (χ0n) is 10.6. The number of aliphatic carboxylic acids is 1. The Morgan fingerprint density at radius 2 is 2.00 bits per heavy atom. The van der Waals surface area contributed by atoms with Crippen LogP contribution in [0.25, 0.3) is 0 Å². The number of carboxylic acid groups (broad SMARTS) is 1. The van der Waals surface area contributed by atoms with Crippen LogP contribution in [0.4, 0.5) is 0 Å². The Bertz CT molecular complexity index is 223. The molecule has 2 N–H and O–H groups in total. The second-order valence-electron chi connectivity index (χ2n) is 4.97. The molecule has 1 aliphatic rings. The Kier molecular flexibility index (Phi) is 5.22. The first-order valence-electron chi connectivity index (χ1n) is 6.17. The molecule has 1 heterocycles. The Balaban J connectivity index is 2.47. The van der Waals surface area contributed by atoms with Crippen molar-refractivity contribution in [3.05, 3.63) is 0 Å². The minimum atomic E-state index is -0.655. The van der Waals surface area contributed by atoms with Gasteiger partial charge in [0.1, 0.15) is 0 Å². The molecule has 94 valence electrons. The maximum atomic E-state index is 11.2. The molecule has 0 aromatic carbocycles. The molecule has 1 unspecified atom stereocenters. The zero-order valence-corrected chi connectivity index (χ0v) is 10.6. The predicted molar refractivity (Wildman–Crippen MR) is 64.5 cm³/mol. The Morgan fingerprint density at radius 1 is 1.44 bits per heavy atom. The van der Waals surface area contributed by atoms with E-state index >= 15 is 0 Å². The van der Waals surface area contributed by atoms with E-state index in [2.05, 4.69) is 24.1 Å². The van der Waals surface area contributed by atoms with Crippen LogP contribution in [0.1, 0.15) is 26.7 Å². The second-order valence-corrected chi connectivity index (χ2v) is 4.97. The highest BCUT2D eigenvalue weighted by molar-refractivity contribution is 5.70. The summed E-state index contributed by atoms with van der Waals surface area (Å²) in [4.78, 5) is 13.6. The third-order valence-electron chi connectivity index (χ3n) is 3.61. The number of nitrogens with one attached hydrogen (secondary N) is 1. The average molecular weight is 228 g/mol. The molecule has 4 nitrogen and oxygen atoms in total. The van der Waals surface area contributed by atoms with Gasteiger partial charge in [0.15, 0.2) is 0 Å². The summed E-state index contributed by atoms with van der Waals surface area (Å²) in [5.74, 6) is -0.545. The molecule has 1 rings (SSSR count). The number of nitrogens with zero attached hydrogens (tertiary/aromatic N) is 1. The van der Waals surface area contributed by atoms with Crippen molar-refractivity contribution in [2.24, 2.45) is 11.8 Å². The predicted octanol–water partition coefficient (Wildman–Crippen LogP) is 1.03. The lowest BCUT2D eigenvalue weighted by Gasteiger charge is -2.36. The van der Waals surface area contributed by atoms with Crippen molar-refractivity contribution in [2.45, 2.75) is 32.7 Å². The van der Waals surface area contributed by atoms with Crippen LogP contribution in [0.5, 0.6) is 0 Å². The van der Waals surface area contributed by atoms with Gasteiger partial charge in [0.05, 0.1) is 5.92 Å². The van der Waals surface area contributed by atoms with Gasteiger partial charge >= 0.3 is 5.97 Å². The van der Waals surface area contributed by atoms with Crippen molar-refractivity contribution in [1.82, 2.24) is 10.2 Å². The maximum Gasteiger partial charge on any atom is 0.308 e. The summed E-state index contributed by atoms with van der Waals surface area (Å²) in [6.07, 6.45) is 2.02. The van der Waals surface area contributed by atoms with E-state index < -0.39 is 5.97 Å². The van der Waals surface area contributed by atoms with Crippen molar-refractivity contribution >= 4 is 5.97 Å². The van der Waals surface area contributed by atoms with Gasteiger partial charge in [0, 0.05) is 12.6 Å². The van der Waals surface area contributed by atoms with Gasteiger partial charge in [-0.05, 0) is 52.7 Å². The molecule has 0 radical (unpaired) electrons. The molecule has 0 bridgehead atoms. The third-order valence-corrected chi connectivity index (χ3v) is 3.61. The van der Waals surface area contributed by atoms with E-state index in [9.17, 15) is 9.90 Å². The lowest BCUT2D eigenvalue weighted by molar-refractivity contribution is -0.144. The second kappa shape index (κ2) is 6.21. The molecule has 1 saturated heterocycles. The van der Waals surface area contributed by atoms with Crippen LogP contribution >= 0.6 is 0 Å². The molecule has 16 heavy (non-hydrogen) atoms. The van der Waals surface area contributed by atoms with Crippen LogP contribution in [0.15, 0.2) is 0 Å². The molecule has 1 fully saturated rings. The molecule has 0 amide bonds. The van der Waals surface area contributed by atoms with Gasteiger partial charge in [0.25, 0.3) is 0 Å². The van der Waals surface area contributed by atoms with E-state index in [0.717, 1.165) is 25.9 Å². The number of hydrogen-bond donors (Lipinski definition) is 2. The monoisotopic (exact) mass is 228 g/mol. The summed E-state index contributed by atoms with van der Waals surface area (Å²) in [6, 6.07) is 0.577. The number of carboxylic acids is 1. The van der Waals surface area contributed by atoms with Crippen LogP contribution in [0.3, 0.4) is 0 Å². The van der Waals surface area contributed by atoms with E-state index in [1.54, 1.807) is 0 Å². The highest BCUT2D eigenvalue weighted by atomic mass is 16.4. The van der Waals surface area contributed by atoms with Crippen molar-refractivity contribution in [1.29, 1.82) is 0 Å². The van der Waals surface area contributed by atoms with Gasteiger partial charge in [-0.3, -0.25) is 4.79 Å². The van der Waals surface area contributed by atoms with E-state index in [0.29, 0.717) is 18.5 Å². The molecule has 0 aromatic heterocycles. The molecular weight excluding hydrogens is 204 g/mol. The normalized spacial score (nSPS) is 21.2. The summed E-state index contributed by atoms with van der Waals surface area (Å²) in [5.41, 5.74) is 0. The largest absolute Gasteiger partial charge is 0.481 e. The summed E-state index contributed by atoms with van der Waals surface area (Å²) in [5, 5.41) is 12.2. The number of hydrogen-bond acceptors (Lipinski definition) is 3. The first-order valence-corrected chi connectivity index (χ1v) is 6.17. The first kappa shape index (κ1) is 13.5. The Labute approximate surface area is 98.0 Å². The summed E-state index contributed by atoms with van der Waals surface area (Å²) >= 11 is 0. The summed E-state index contributed by atoms with van der Waals surface area (Å²) < 4.78 is 0. The minimum absolute atomic E-state index is 0.223. The fraction of sp³-hybridized carbons (Fsp3) is 0.917. The van der Waals surface area contributed by atoms with Crippen LogP contribution in [-0.2, 0) is 4.79 Å². The molecule has 0 saturated carbocycles. The fourth-order valence-corrected chi connectivity index (χ4v) is 2.51. The quantitative estimate of drug-likeness (QED) is 0.738. The van der Waals surface area contributed by atoms with Gasteiger partial charge in [-0.1, -0.05) is 0 Å². The summed E-state index contributed by atoms with van der Waals surface area (Å²) in [6.45, 7) is 7.05. The molecule has 1 aliphatic heterocycles. The highest BCUT2D eigenvalue weighted by Gasteiger charge is 2.31. The van der Waals surface area contributed by atoms with Crippen molar-refractivity contribution < 1.29 is 9.90 Å². The lowest BCUT2D eigenvalue weighted by atomic mass is 9.84. The fourth-order valence-electron chi connectivity index (χ4n) is 2.51. The molecule has 1 atom stereocenters. The highest BCUT2D eigenvalue weighted by Crippen LogP contribution is 2.26. The number of rotatable bonds is 5. The van der Waals surface area contributed by atoms with E-state index in [-0.39, 0.29) is 5.92 Å². The van der Waals surface area contributed by atoms with Gasteiger partial charge in [0.2, 0.25) is 0 Å². The van der Waals surface area contributed by atoms with Gasteiger partial charge in [-0.15, -0.1) is 0 Å². The number of piperidine rings is 1. The Morgan fingerprint density at radius 3 is 2.38 bits per heavy atom. The SMILES string of the molecule is CNCC(C(=O)O)C1CCN(C(C)C)CC1. The molecular formula is C12H24N2O2. The smallest absolute Gasteiger partial charge is 0.308 e. The Hall–Kier alpha value is -0.610. The average Bonchev–Trinajstić information content (AvgIpc) is 2.25. The standard InChI is InChI=1S/C12H24N2O2/c1-9(2)14-6-4-10(5-7-14)11(8-13-3)12(15)16/h9-11,13H,4-8H2,1-3H3,(H,15,16). The van der Waals surface area contributed by atoms with E-state index in [1.807, 2.05) is 7.05 Å². The molecule has 4 heteroatoms. The number of likely N-dealkylation sites (tertiary alicyclic amines) is 1. The topological polar surface area (TPSA) is 52.6 Å². The minimum Gasteiger partial charge on any atom is -0.481 e. The van der Waals surface area contributed by atoms with E-state index in [1.165, 1.54) is 0 Å². The van der Waals surface area contributed by atoms with Gasteiger partial charge < -0.3 is 15.3 Å². The molecule has 0 aromatic rings. The lowest BCUT2D eigenvalue weighted by Crippen LogP contribution is -2.43. The van der Waals surface area contributed by atoms with Crippen LogP contribution < -0.4 is 5.32 Å². The van der Waals surface area contributed by atoms with E-state index in [4.69, 9.17) is 0 Å². The zero-order chi connectivity index (χ0) is 12.1. The maximum absolute atomic E-state index is 11.2. The summed E-state index contributed by atoms with van der Waals surface area (Å²) in [7, 11) is 1.82. The number of carbonyl (C=O) groups is 1. The van der Waals surface area contributed by atoms with Crippen LogP contribution in [0, 0.1) is 11.8 Å². The molecule has 0 spiro atoms. The van der Waals surface area contributed by atoms with Gasteiger partial charge in [-0.25, -0.2) is 0 Å².